The maximum absolute atomic E-state index is 12.2. The molecule has 142 valence electrons. The van der Waals surface area contributed by atoms with Crippen molar-refractivity contribution in [1.82, 2.24) is 9.97 Å². The zero-order valence-electron chi connectivity index (χ0n) is 15.2. The Bertz CT molecular complexity index is 1110. The van der Waals surface area contributed by atoms with E-state index >= 15 is 0 Å². The van der Waals surface area contributed by atoms with Crippen LogP contribution in [0.4, 0.5) is 0 Å². The van der Waals surface area contributed by atoms with Crippen molar-refractivity contribution in [2.24, 2.45) is 0 Å². The SMILES string of the molecule is COc1ccc(-c2nc(SC)[nH]c(=O)c2C#N)cc1COc1ccccc1Cl. The van der Waals surface area contributed by atoms with Crippen molar-refractivity contribution in [2.45, 2.75) is 11.8 Å². The molecule has 3 aromatic rings. The van der Waals surface area contributed by atoms with E-state index in [1.54, 1.807) is 43.7 Å². The summed E-state index contributed by atoms with van der Waals surface area (Å²) in [4.78, 5) is 19.2. The number of benzene rings is 2. The number of rotatable bonds is 6. The van der Waals surface area contributed by atoms with Crippen LogP contribution in [0.3, 0.4) is 0 Å². The van der Waals surface area contributed by atoms with Gasteiger partial charge in [0.15, 0.2) is 5.16 Å². The van der Waals surface area contributed by atoms with Gasteiger partial charge in [-0.1, -0.05) is 35.5 Å². The number of nitrogens with one attached hydrogen (secondary N) is 1. The molecule has 0 aliphatic carbocycles. The Hall–Kier alpha value is -2.95. The van der Waals surface area contributed by atoms with Gasteiger partial charge in [0, 0.05) is 11.1 Å². The van der Waals surface area contributed by atoms with Crippen LogP contribution in [-0.4, -0.2) is 23.3 Å². The number of nitrogens with zero attached hydrogens (tertiary/aromatic N) is 2. The summed E-state index contributed by atoms with van der Waals surface area (Å²) in [6, 6.07) is 14.4. The monoisotopic (exact) mass is 413 g/mol. The minimum absolute atomic E-state index is 0.0408. The van der Waals surface area contributed by atoms with Gasteiger partial charge in [0.25, 0.3) is 5.56 Å². The average Bonchev–Trinajstić information content (AvgIpc) is 2.72. The van der Waals surface area contributed by atoms with Crippen molar-refractivity contribution in [3.05, 3.63) is 69.0 Å². The van der Waals surface area contributed by atoms with Crippen LogP contribution in [0.25, 0.3) is 11.3 Å². The third kappa shape index (κ3) is 4.14. The molecule has 0 aliphatic heterocycles. The number of aromatic nitrogens is 2. The van der Waals surface area contributed by atoms with Crippen LogP contribution in [0.15, 0.2) is 52.4 Å². The van der Waals surface area contributed by atoms with Crippen molar-refractivity contribution in [3.8, 4) is 28.8 Å². The molecule has 0 saturated carbocycles. The Morgan fingerprint density at radius 1 is 1.25 bits per heavy atom. The normalized spacial score (nSPS) is 10.4. The molecule has 0 atom stereocenters. The van der Waals surface area contributed by atoms with Crippen LogP contribution in [-0.2, 0) is 6.61 Å². The Kier molecular flexibility index (Phi) is 6.24. The van der Waals surface area contributed by atoms with E-state index in [0.717, 1.165) is 5.56 Å². The van der Waals surface area contributed by atoms with Crippen LogP contribution in [0.1, 0.15) is 11.1 Å². The van der Waals surface area contributed by atoms with Gasteiger partial charge in [-0.2, -0.15) is 5.26 Å². The highest BCUT2D eigenvalue weighted by molar-refractivity contribution is 7.98. The molecule has 0 spiro atoms. The van der Waals surface area contributed by atoms with Gasteiger partial charge in [-0.3, -0.25) is 4.79 Å². The zero-order chi connectivity index (χ0) is 20.1. The minimum Gasteiger partial charge on any atom is -0.496 e. The minimum atomic E-state index is -0.471. The number of aromatic amines is 1. The quantitative estimate of drug-likeness (QED) is 0.479. The van der Waals surface area contributed by atoms with Gasteiger partial charge in [-0.25, -0.2) is 4.98 Å². The number of halogens is 1. The second-order valence-corrected chi connectivity index (χ2v) is 6.86. The molecule has 1 aromatic heterocycles. The van der Waals surface area contributed by atoms with Crippen LogP contribution in [0, 0.1) is 11.3 Å². The molecule has 1 heterocycles. The van der Waals surface area contributed by atoms with Gasteiger partial charge >= 0.3 is 0 Å². The lowest BCUT2D eigenvalue weighted by molar-refractivity contribution is 0.297. The molecule has 0 saturated heterocycles. The summed E-state index contributed by atoms with van der Waals surface area (Å²) in [5.74, 6) is 1.16. The van der Waals surface area contributed by atoms with Crippen LogP contribution in [0.5, 0.6) is 11.5 Å². The molecule has 1 N–H and O–H groups in total. The van der Waals surface area contributed by atoms with Gasteiger partial charge in [0.05, 0.1) is 17.8 Å². The Balaban J connectivity index is 2.02. The predicted octanol–water partition coefficient (Wildman–Crippen LogP) is 4.27. The molecule has 6 nitrogen and oxygen atoms in total. The summed E-state index contributed by atoms with van der Waals surface area (Å²) in [6.07, 6.45) is 1.80. The summed E-state index contributed by atoms with van der Waals surface area (Å²) in [7, 11) is 1.56. The summed E-state index contributed by atoms with van der Waals surface area (Å²) >= 11 is 7.43. The Labute approximate surface area is 171 Å². The number of hydrogen-bond acceptors (Lipinski definition) is 6. The maximum atomic E-state index is 12.2. The van der Waals surface area contributed by atoms with E-state index < -0.39 is 5.56 Å². The smallest absolute Gasteiger partial charge is 0.270 e. The van der Waals surface area contributed by atoms with E-state index in [-0.39, 0.29) is 12.2 Å². The molecule has 0 radical (unpaired) electrons. The largest absolute Gasteiger partial charge is 0.496 e. The molecule has 28 heavy (non-hydrogen) atoms. The van der Waals surface area contributed by atoms with Crippen LogP contribution >= 0.6 is 23.4 Å². The highest BCUT2D eigenvalue weighted by Crippen LogP contribution is 2.30. The summed E-state index contributed by atoms with van der Waals surface area (Å²) < 4.78 is 11.2. The molecule has 3 rings (SSSR count). The zero-order valence-corrected chi connectivity index (χ0v) is 16.7. The van der Waals surface area contributed by atoms with E-state index in [4.69, 9.17) is 21.1 Å². The summed E-state index contributed by atoms with van der Waals surface area (Å²) in [5, 5.41) is 10.3. The molecule has 0 unspecified atom stereocenters. The fourth-order valence-electron chi connectivity index (χ4n) is 2.62. The lowest BCUT2D eigenvalue weighted by Crippen LogP contribution is -2.14. The topological polar surface area (TPSA) is 88.0 Å². The standard InChI is InChI=1S/C20H16ClN3O3S/c1-26-16-8-7-12(18-14(10-22)19(25)24-20(23-18)28-2)9-13(16)11-27-17-6-4-3-5-15(17)21/h3-9H,11H2,1-2H3,(H,23,24,25). The summed E-state index contributed by atoms with van der Waals surface area (Å²) in [5.41, 5.74) is 1.16. The lowest BCUT2D eigenvalue weighted by Gasteiger charge is -2.13. The Morgan fingerprint density at radius 2 is 2.04 bits per heavy atom. The molecular weight excluding hydrogens is 398 g/mol. The van der Waals surface area contributed by atoms with Crippen molar-refractivity contribution in [2.75, 3.05) is 13.4 Å². The van der Waals surface area contributed by atoms with Crippen molar-refractivity contribution >= 4 is 23.4 Å². The predicted molar refractivity (Wildman–Crippen MR) is 109 cm³/mol. The third-order valence-corrected chi connectivity index (χ3v) is 4.87. The number of ether oxygens (including phenoxy) is 2. The average molecular weight is 414 g/mol. The highest BCUT2D eigenvalue weighted by Gasteiger charge is 2.15. The van der Waals surface area contributed by atoms with E-state index in [1.807, 2.05) is 18.2 Å². The van der Waals surface area contributed by atoms with Crippen molar-refractivity contribution < 1.29 is 9.47 Å². The van der Waals surface area contributed by atoms with Gasteiger partial charge < -0.3 is 14.5 Å². The van der Waals surface area contributed by atoms with Crippen molar-refractivity contribution in [3.63, 3.8) is 0 Å². The molecule has 0 bridgehead atoms. The van der Waals surface area contributed by atoms with Crippen LogP contribution < -0.4 is 15.0 Å². The number of hydrogen-bond donors (Lipinski definition) is 1. The van der Waals surface area contributed by atoms with Crippen LogP contribution in [0.2, 0.25) is 5.02 Å². The Morgan fingerprint density at radius 3 is 2.71 bits per heavy atom. The number of methoxy groups -OCH3 is 1. The summed E-state index contributed by atoms with van der Waals surface area (Å²) in [6.45, 7) is 0.196. The van der Waals surface area contributed by atoms with E-state index in [2.05, 4.69) is 9.97 Å². The lowest BCUT2D eigenvalue weighted by atomic mass is 10.0. The van der Waals surface area contributed by atoms with Crippen molar-refractivity contribution in [1.29, 1.82) is 5.26 Å². The van der Waals surface area contributed by atoms with E-state index in [1.165, 1.54) is 11.8 Å². The number of nitriles is 1. The second kappa shape index (κ2) is 8.83. The first-order valence-electron chi connectivity index (χ1n) is 8.20. The van der Waals surface area contributed by atoms with Gasteiger partial charge in [-0.15, -0.1) is 0 Å². The molecule has 2 aromatic carbocycles. The molecule has 8 heteroatoms. The first-order valence-corrected chi connectivity index (χ1v) is 9.80. The first kappa shape index (κ1) is 19.8. The third-order valence-electron chi connectivity index (χ3n) is 3.98. The maximum Gasteiger partial charge on any atom is 0.270 e. The number of para-hydroxylation sites is 1. The number of thioether (sulfide) groups is 1. The van der Waals surface area contributed by atoms with Gasteiger partial charge in [0.1, 0.15) is 29.7 Å². The first-order chi connectivity index (χ1) is 13.6. The van der Waals surface area contributed by atoms with E-state index in [9.17, 15) is 10.1 Å². The molecular formula is C20H16ClN3O3S. The second-order valence-electron chi connectivity index (χ2n) is 5.66. The van der Waals surface area contributed by atoms with Gasteiger partial charge in [-0.05, 0) is 36.6 Å². The fraction of sp³-hybridized carbons (Fsp3) is 0.150. The van der Waals surface area contributed by atoms with E-state index in [0.29, 0.717) is 32.9 Å². The molecule has 0 aliphatic rings. The highest BCUT2D eigenvalue weighted by atomic mass is 35.5. The fourth-order valence-corrected chi connectivity index (χ4v) is 3.19. The molecule has 0 amide bonds. The van der Waals surface area contributed by atoms with Gasteiger partial charge in [0.2, 0.25) is 0 Å². The number of H-pyrrole nitrogens is 1. The molecule has 0 fully saturated rings.